The Labute approximate surface area is 174 Å². The molecule has 0 fully saturated rings. The molecule has 3 aromatic rings. The molecule has 29 heavy (non-hydrogen) atoms. The number of rotatable bonds is 7. The standard InChI is InChI=1S/C22H21ClN4O2/c23-20-12-5-4-11-19(20)21(28)25-13-14-26-22(24)27-16-7-6-10-18(15-16)29-17-8-2-1-3-9-17/h1-12,15H,13-14H2,(H,25,28)(H3,24,26,27). The predicted molar refractivity (Wildman–Crippen MR) is 117 cm³/mol. The Morgan fingerprint density at radius 2 is 1.69 bits per heavy atom. The van der Waals surface area contributed by atoms with Gasteiger partial charge in [-0.05, 0) is 36.4 Å². The molecule has 6 nitrogen and oxygen atoms in total. The minimum atomic E-state index is -0.247. The molecule has 0 spiro atoms. The molecule has 0 radical (unpaired) electrons. The molecule has 0 bridgehead atoms. The number of amides is 1. The molecule has 3 rings (SSSR count). The van der Waals surface area contributed by atoms with Crippen molar-refractivity contribution in [3.8, 4) is 11.5 Å². The quantitative estimate of drug-likeness (QED) is 0.309. The Balaban J connectivity index is 1.49. The first-order valence-corrected chi connectivity index (χ1v) is 9.42. The second-order valence-electron chi connectivity index (χ2n) is 6.07. The number of nitrogens with two attached hydrogens (primary N) is 1. The highest BCUT2D eigenvalue weighted by Crippen LogP contribution is 2.23. The molecule has 0 aliphatic heterocycles. The number of anilines is 1. The Morgan fingerprint density at radius 1 is 0.966 bits per heavy atom. The maximum absolute atomic E-state index is 12.1. The fourth-order valence-corrected chi connectivity index (χ4v) is 2.76. The summed E-state index contributed by atoms with van der Waals surface area (Å²) < 4.78 is 5.80. The van der Waals surface area contributed by atoms with Crippen LogP contribution in [0.5, 0.6) is 11.5 Å². The van der Waals surface area contributed by atoms with Crippen LogP contribution in [0.3, 0.4) is 0 Å². The smallest absolute Gasteiger partial charge is 0.252 e. The Kier molecular flexibility index (Phi) is 7.08. The number of carbonyl (C=O) groups excluding carboxylic acids is 1. The second-order valence-corrected chi connectivity index (χ2v) is 6.48. The molecule has 3 aromatic carbocycles. The van der Waals surface area contributed by atoms with E-state index in [1.165, 1.54) is 0 Å². The number of carbonyl (C=O) groups is 1. The Bertz CT molecular complexity index is 993. The zero-order valence-corrected chi connectivity index (χ0v) is 16.4. The minimum absolute atomic E-state index is 0.244. The molecule has 1 amide bonds. The molecular formula is C22H21ClN4O2. The maximum atomic E-state index is 12.1. The van der Waals surface area contributed by atoms with E-state index >= 15 is 0 Å². The third kappa shape index (κ3) is 6.26. The van der Waals surface area contributed by atoms with E-state index in [1.54, 1.807) is 24.3 Å². The number of hydrogen-bond donors (Lipinski definition) is 3. The minimum Gasteiger partial charge on any atom is -0.457 e. The lowest BCUT2D eigenvalue weighted by Gasteiger charge is -2.09. The van der Waals surface area contributed by atoms with Gasteiger partial charge in [0.2, 0.25) is 0 Å². The van der Waals surface area contributed by atoms with Gasteiger partial charge < -0.3 is 21.1 Å². The summed E-state index contributed by atoms with van der Waals surface area (Å²) in [5.41, 5.74) is 7.10. The van der Waals surface area contributed by atoms with E-state index < -0.39 is 0 Å². The molecule has 0 heterocycles. The Morgan fingerprint density at radius 3 is 2.48 bits per heavy atom. The Hall–Kier alpha value is -3.51. The van der Waals surface area contributed by atoms with E-state index in [0.717, 1.165) is 11.4 Å². The molecule has 0 aliphatic rings. The number of hydrogen-bond acceptors (Lipinski definition) is 3. The summed E-state index contributed by atoms with van der Waals surface area (Å²) in [6, 6.07) is 23.8. The van der Waals surface area contributed by atoms with Crippen molar-refractivity contribution in [3.05, 3.63) is 89.4 Å². The zero-order valence-electron chi connectivity index (χ0n) is 15.6. The average molecular weight is 409 g/mol. The molecule has 0 aromatic heterocycles. The van der Waals surface area contributed by atoms with Crippen LogP contribution in [-0.2, 0) is 0 Å². The van der Waals surface area contributed by atoms with Crippen molar-refractivity contribution in [3.63, 3.8) is 0 Å². The second kappa shape index (κ2) is 10.1. The summed E-state index contributed by atoms with van der Waals surface area (Å²) in [6.45, 7) is 0.666. The summed E-state index contributed by atoms with van der Waals surface area (Å²) >= 11 is 6.01. The van der Waals surface area contributed by atoms with E-state index in [2.05, 4.69) is 15.6 Å². The monoisotopic (exact) mass is 408 g/mol. The van der Waals surface area contributed by atoms with Crippen molar-refractivity contribution in [2.45, 2.75) is 0 Å². The van der Waals surface area contributed by atoms with Crippen molar-refractivity contribution in [2.24, 2.45) is 10.7 Å². The number of aliphatic imine (C=N–C) groups is 1. The number of ether oxygens (including phenoxy) is 1. The zero-order chi connectivity index (χ0) is 20.5. The number of para-hydroxylation sites is 1. The van der Waals surface area contributed by atoms with Gasteiger partial charge in [-0.3, -0.25) is 9.79 Å². The SMILES string of the molecule is NC(=NCCNC(=O)c1ccccc1Cl)Nc1cccc(Oc2ccccc2)c1. The van der Waals surface area contributed by atoms with E-state index in [1.807, 2.05) is 54.6 Å². The van der Waals surface area contributed by atoms with Crippen molar-refractivity contribution < 1.29 is 9.53 Å². The fourth-order valence-electron chi connectivity index (χ4n) is 2.54. The average Bonchev–Trinajstić information content (AvgIpc) is 2.72. The van der Waals surface area contributed by atoms with Crippen LogP contribution in [0, 0.1) is 0 Å². The van der Waals surface area contributed by atoms with E-state index in [0.29, 0.717) is 29.4 Å². The van der Waals surface area contributed by atoms with Gasteiger partial charge in [0.05, 0.1) is 17.1 Å². The van der Waals surface area contributed by atoms with Gasteiger partial charge >= 0.3 is 0 Å². The number of nitrogens with zero attached hydrogens (tertiary/aromatic N) is 1. The first kappa shape index (κ1) is 20.2. The van der Waals surface area contributed by atoms with Crippen LogP contribution in [0.15, 0.2) is 83.9 Å². The van der Waals surface area contributed by atoms with Gasteiger partial charge in [0.1, 0.15) is 11.5 Å². The van der Waals surface area contributed by atoms with Crippen molar-refractivity contribution in [1.82, 2.24) is 5.32 Å². The summed E-state index contributed by atoms with van der Waals surface area (Å²) in [7, 11) is 0. The molecule has 0 saturated heterocycles. The van der Waals surface area contributed by atoms with Crippen LogP contribution in [0.2, 0.25) is 5.02 Å². The van der Waals surface area contributed by atoms with Crippen LogP contribution < -0.4 is 21.1 Å². The maximum Gasteiger partial charge on any atom is 0.252 e. The molecule has 4 N–H and O–H groups in total. The normalized spacial score (nSPS) is 11.0. The lowest BCUT2D eigenvalue weighted by molar-refractivity contribution is 0.0955. The van der Waals surface area contributed by atoms with Gasteiger partial charge in [0.15, 0.2) is 5.96 Å². The highest BCUT2D eigenvalue weighted by molar-refractivity contribution is 6.33. The van der Waals surface area contributed by atoms with Crippen molar-refractivity contribution in [2.75, 3.05) is 18.4 Å². The summed E-state index contributed by atoms with van der Waals surface area (Å²) in [6.07, 6.45) is 0. The van der Waals surface area contributed by atoms with Crippen LogP contribution >= 0.6 is 11.6 Å². The van der Waals surface area contributed by atoms with Gasteiger partial charge in [0, 0.05) is 18.3 Å². The van der Waals surface area contributed by atoms with Crippen LogP contribution in [-0.4, -0.2) is 25.0 Å². The fraction of sp³-hybridized carbons (Fsp3) is 0.0909. The lowest BCUT2D eigenvalue weighted by Crippen LogP contribution is -2.28. The first-order chi connectivity index (χ1) is 14.1. The molecule has 7 heteroatoms. The van der Waals surface area contributed by atoms with Gasteiger partial charge in [-0.25, -0.2) is 0 Å². The summed E-state index contributed by atoms with van der Waals surface area (Å²) in [4.78, 5) is 16.3. The molecule has 0 atom stereocenters. The molecular weight excluding hydrogens is 388 g/mol. The van der Waals surface area contributed by atoms with Crippen LogP contribution in [0.1, 0.15) is 10.4 Å². The summed E-state index contributed by atoms with van der Waals surface area (Å²) in [5, 5.41) is 6.18. The highest BCUT2D eigenvalue weighted by Gasteiger charge is 2.08. The number of guanidine groups is 1. The van der Waals surface area contributed by atoms with Crippen LogP contribution in [0.25, 0.3) is 0 Å². The third-order valence-corrected chi connectivity index (χ3v) is 4.21. The van der Waals surface area contributed by atoms with Crippen molar-refractivity contribution in [1.29, 1.82) is 0 Å². The lowest BCUT2D eigenvalue weighted by atomic mass is 10.2. The van der Waals surface area contributed by atoms with E-state index in [4.69, 9.17) is 22.1 Å². The molecule has 148 valence electrons. The topological polar surface area (TPSA) is 88.7 Å². The first-order valence-electron chi connectivity index (χ1n) is 9.04. The third-order valence-electron chi connectivity index (χ3n) is 3.88. The van der Waals surface area contributed by atoms with E-state index in [-0.39, 0.29) is 11.9 Å². The molecule has 0 saturated carbocycles. The highest BCUT2D eigenvalue weighted by atomic mass is 35.5. The van der Waals surface area contributed by atoms with Gasteiger partial charge in [-0.15, -0.1) is 0 Å². The van der Waals surface area contributed by atoms with Crippen LogP contribution in [0.4, 0.5) is 5.69 Å². The summed E-state index contributed by atoms with van der Waals surface area (Å²) in [5.74, 6) is 1.43. The number of nitrogens with one attached hydrogen (secondary N) is 2. The molecule has 0 unspecified atom stereocenters. The number of benzene rings is 3. The number of halogens is 1. The predicted octanol–water partition coefficient (Wildman–Crippen LogP) is 4.29. The molecule has 0 aliphatic carbocycles. The van der Waals surface area contributed by atoms with E-state index in [9.17, 15) is 4.79 Å². The van der Waals surface area contributed by atoms with Crippen molar-refractivity contribution >= 4 is 29.2 Å². The largest absolute Gasteiger partial charge is 0.457 e. The van der Waals surface area contributed by atoms with Gasteiger partial charge in [0.25, 0.3) is 5.91 Å². The van der Waals surface area contributed by atoms with Gasteiger partial charge in [-0.1, -0.05) is 48.0 Å². The van der Waals surface area contributed by atoms with Gasteiger partial charge in [-0.2, -0.15) is 0 Å².